The summed E-state index contributed by atoms with van der Waals surface area (Å²) >= 11 is 0. The third-order valence-electron chi connectivity index (χ3n) is 3.27. The van der Waals surface area contributed by atoms with Crippen LogP contribution in [0.3, 0.4) is 0 Å². The molecule has 0 radical (unpaired) electrons. The fourth-order valence-electron chi connectivity index (χ4n) is 2.13. The number of hydrogen-bond acceptors (Lipinski definition) is 4. The molecule has 1 heterocycles. The van der Waals surface area contributed by atoms with Crippen LogP contribution >= 0.6 is 0 Å². The van der Waals surface area contributed by atoms with E-state index in [2.05, 4.69) is 36.2 Å². The minimum absolute atomic E-state index is 0.603. The Balaban J connectivity index is 1.84. The summed E-state index contributed by atoms with van der Waals surface area (Å²) in [7, 11) is 1.97. The Morgan fingerprint density at radius 3 is 2.65 bits per heavy atom. The van der Waals surface area contributed by atoms with Gasteiger partial charge in [-0.3, -0.25) is 0 Å². The summed E-state index contributed by atoms with van der Waals surface area (Å²) in [5, 5.41) is 0. The molecular formula is C16H17N3O. The number of hydrogen-bond donors (Lipinski definition) is 1. The van der Waals surface area contributed by atoms with Gasteiger partial charge in [-0.2, -0.15) is 4.98 Å². The van der Waals surface area contributed by atoms with E-state index in [9.17, 15) is 0 Å². The predicted octanol–water partition coefficient (Wildman–Crippen LogP) is 3.35. The number of aryl methyl sites for hydroxylation is 1. The van der Waals surface area contributed by atoms with Gasteiger partial charge in [0.25, 0.3) is 6.01 Å². The van der Waals surface area contributed by atoms with Gasteiger partial charge in [0.1, 0.15) is 5.52 Å². The zero-order valence-corrected chi connectivity index (χ0v) is 11.6. The van der Waals surface area contributed by atoms with E-state index in [4.69, 9.17) is 10.2 Å². The highest BCUT2D eigenvalue weighted by atomic mass is 16.4. The van der Waals surface area contributed by atoms with Crippen molar-refractivity contribution in [1.82, 2.24) is 4.98 Å². The van der Waals surface area contributed by atoms with E-state index in [1.165, 1.54) is 11.1 Å². The van der Waals surface area contributed by atoms with Gasteiger partial charge in [0.2, 0.25) is 0 Å². The number of benzene rings is 2. The number of aromatic nitrogens is 1. The summed E-state index contributed by atoms with van der Waals surface area (Å²) in [6.07, 6.45) is 0. The number of rotatable bonds is 3. The molecule has 20 heavy (non-hydrogen) atoms. The molecule has 0 amide bonds. The van der Waals surface area contributed by atoms with E-state index in [0.717, 1.165) is 17.6 Å². The Morgan fingerprint density at radius 1 is 1.15 bits per heavy atom. The molecule has 3 rings (SSSR count). The van der Waals surface area contributed by atoms with Gasteiger partial charge in [0.15, 0.2) is 5.58 Å². The van der Waals surface area contributed by atoms with Crippen molar-refractivity contribution in [2.24, 2.45) is 0 Å². The summed E-state index contributed by atoms with van der Waals surface area (Å²) in [4.78, 5) is 6.46. The van der Waals surface area contributed by atoms with Crippen molar-refractivity contribution in [3.05, 3.63) is 53.6 Å². The summed E-state index contributed by atoms with van der Waals surface area (Å²) in [5.41, 5.74) is 10.4. The summed E-state index contributed by atoms with van der Waals surface area (Å²) in [6.45, 7) is 2.83. The van der Waals surface area contributed by atoms with Gasteiger partial charge >= 0.3 is 0 Å². The van der Waals surface area contributed by atoms with Crippen LogP contribution < -0.4 is 10.6 Å². The molecule has 4 nitrogen and oxygen atoms in total. The lowest BCUT2D eigenvalue weighted by Gasteiger charge is -2.14. The number of nitrogens with two attached hydrogens (primary N) is 1. The number of oxazole rings is 1. The highest BCUT2D eigenvalue weighted by Gasteiger charge is 2.10. The van der Waals surface area contributed by atoms with Gasteiger partial charge in [0.05, 0.1) is 0 Å². The van der Waals surface area contributed by atoms with Crippen molar-refractivity contribution < 1.29 is 4.42 Å². The van der Waals surface area contributed by atoms with E-state index in [1.54, 1.807) is 6.07 Å². The number of fused-ring (bicyclic) bond motifs is 1. The van der Waals surface area contributed by atoms with E-state index >= 15 is 0 Å². The fraction of sp³-hybridized carbons (Fsp3) is 0.188. The first-order valence-electron chi connectivity index (χ1n) is 6.54. The minimum atomic E-state index is 0.603. The van der Waals surface area contributed by atoms with Gasteiger partial charge in [-0.25, -0.2) is 0 Å². The molecule has 0 saturated heterocycles. The zero-order chi connectivity index (χ0) is 14.1. The maximum Gasteiger partial charge on any atom is 0.298 e. The van der Waals surface area contributed by atoms with Crippen LogP contribution in [0, 0.1) is 6.92 Å². The maximum atomic E-state index is 5.75. The average molecular weight is 267 g/mol. The van der Waals surface area contributed by atoms with Gasteiger partial charge in [-0.1, -0.05) is 29.8 Å². The Kier molecular flexibility index (Phi) is 3.06. The smallest absolute Gasteiger partial charge is 0.298 e. The van der Waals surface area contributed by atoms with E-state index in [1.807, 2.05) is 24.1 Å². The first kappa shape index (κ1) is 12.5. The van der Waals surface area contributed by atoms with Crippen molar-refractivity contribution in [2.45, 2.75) is 13.5 Å². The van der Waals surface area contributed by atoms with Crippen molar-refractivity contribution in [3.8, 4) is 0 Å². The molecule has 0 fully saturated rings. The van der Waals surface area contributed by atoms with Gasteiger partial charge < -0.3 is 15.1 Å². The number of anilines is 2. The highest BCUT2D eigenvalue weighted by molar-refractivity contribution is 5.78. The molecule has 2 aromatic carbocycles. The molecule has 0 unspecified atom stereocenters. The van der Waals surface area contributed by atoms with Crippen molar-refractivity contribution in [2.75, 3.05) is 17.7 Å². The molecule has 102 valence electrons. The van der Waals surface area contributed by atoms with E-state index < -0.39 is 0 Å². The third-order valence-corrected chi connectivity index (χ3v) is 3.27. The Morgan fingerprint density at radius 2 is 1.90 bits per heavy atom. The molecular weight excluding hydrogens is 250 g/mol. The van der Waals surface area contributed by atoms with Crippen LogP contribution in [0.25, 0.3) is 11.1 Å². The van der Waals surface area contributed by atoms with Crippen LogP contribution in [0.2, 0.25) is 0 Å². The van der Waals surface area contributed by atoms with Crippen LogP contribution in [0.15, 0.2) is 46.9 Å². The summed E-state index contributed by atoms with van der Waals surface area (Å²) < 4.78 is 5.74. The molecule has 0 aliphatic rings. The molecule has 2 N–H and O–H groups in total. The van der Waals surface area contributed by atoms with Gasteiger partial charge in [-0.15, -0.1) is 0 Å². The van der Waals surface area contributed by atoms with E-state index in [-0.39, 0.29) is 0 Å². The SMILES string of the molecule is Cc1ccc(CN(C)c2nc3ccc(N)cc3o2)cc1. The molecule has 0 spiro atoms. The summed E-state index contributed by atoms with van der Waals surface area (Å²) in [5.74, 6) is 0. The molecule has 3 aromatic rings. The lowest BCUT2D eigenvalue weighted by atomic mass is 10.1. The Bertz CT molecular complexity index is 731. The standard InChI is InChI=1S/C16H17N3O/c1-11-3-5-12(6-4-11)10-19(2)16-18-14-8-7-13(17)9-15(14)20-16/h3-9H,10,17H2,1-2H3. The van der Waals surface area contributed by atoms with E-state index in [0.29, 0.717) is 11.7 Å². The molecule has 1 aromatic heterocycles. The predicted molar refractivity (Wildman–Crippen MR) is 81.7 cm³/mol. The van der Waals surface area contributed by atoms with Crippen LogP contribution in [-0.4, -0.2) is 12.0 Å². The Labute approximate surface area is 117 Å². The number of nitrogens with zero attached hydrogens (tertiary/aromatic N) is 2. The first-order valence-corrected chi connectivity index (χ1v) is 6.54. The van der Waals surface area contributed by atoms with Crippen LogP contribution in [0.5, 0.6) is 0 Å². The second kappa shape index (κ2) is 4.89. The van der Waals surface area contributed by atoms with Gasteiger partial charge in [0, 0.05) is 25.3 Å². The second-order valence-corrected chi connectivity index (χ2v) is 5.07. The minimum Gasteiger partial charge on any atom is -0.423 e. The summed E-state index contributed by atoms with van der Waals surface area (Å²) in [6, 6.07) is 14.5. The quantitative estimate of drug-likeness (QED) is 0.739. The third kappa shape index (κ3) is 2.45. The lowest BCUT2D eigenvalue weighted by Crippen LogP contribution is -2.16. The van der Waals surface area contributed by atoms with Crippen molar-refractivity contribution in [1.29, 1.82) is 0 Å². The topological polar surface area (TPSA) is 55.3 Å². The Hall–Kier alpha value is -2.49. The highest BCUT2D eigenvalue weighted by Crippen LogP contribution is 2.24. The fourth-order valence-corrected chi connectivity index (χ4v) is 2.13. The normalized spacial score (nSPS) is 10.9. The zero-order valence-electron chi connectivity index (χ0n) is 11.6. The molecule has 4 heteroatoms. The van der Waals surface area contributed by atoms with Crippen LogP contribution in [0.4, 0.5) is 11.7 Å². The van der Waals surface area contributed by atoms with Crippen LogP contribution in [-0.2, 0) is 6.54 Å². The van der Waals surface area contributed by atoms with Crippen molar-refractivity contribution >= 4 is 22.8 Å². The average Bonchev–Trinajstić information content (AvgIpc) is 2.84. The maximum absolute atomic E-state index is 5.75. The molecule has 0 saturated carbocycles. The van der Waals surface area contributed by atoms with Gasteiger partial charge in [-0.05, 0) is 24.6 Å². The molecule has 0 atom stereocenters. The first-order chi connectivity index (χ1) is 9.61. The molecule has 0 bridgehead atoms. The molecule has 0 aliphatic carbocycles. The second-order valence-electron chi connectivity index (χ2n) is 5.07. The van der Waals surface area contributed by atoms with Crippen molar-refractivity contribution in [3.63, 3.8) is 0 Å². The van der Waals surface area contributed by atoms with Crippen LogP contribution in [0.1, 0.15) is 11.1 Å². The molecule has 0 aliphatic heterocycles. The largest absolute Gasteiger partial charge is 0.423 e. The monoisotopic (exact) mass is 267 g/mol. The number of nitrogen functional groups attached to an aromatic ring is 1. The lowest BCUT2D eigenvalue weighted by molar-refractivity contribution is 0.582.